The molecule has 2 nitrogen and oxygen atoms in total. The van der Waals surface area contributed by atoms with Gasteiger partial charge in [0.2, 0.25) is 0 Å². The van der Waals surface area contributed by atoms with Gasteiger partial charge in [0, 0.05) is 12.2 Å². The highest BCUT2D eigenvalue weighted by Gasteiger charge is 1.97. The molecule has 0 atom stereocenters. The quantitative estimate of drug-likeness (QED) is 0.742. The number of benzene rings is 1. The summed E-state index contributed by atoms with van der Waals surface area (Å²) in [4.78, 5) is 0. The second-order valence-corrected chi connectivity index (χ2v) is 2.71. The maximum atomic E-state index is 5.10. The van der Waals surface area contributed by atoms with Crippen LogP contribution in [-0.4, -0.2) is 13.7 Å². The molecule has 0 bridgehead atoms. The lowest BCUT2D eigenvalue weighted by molar-refractivity contribution is 0.414. The summed E-state index contributed by atoms with van der Waals surface area (Å²) in [6.07, 6.45) is 0. The first-order chi connectivity index (χ1) is 5.77. The number of hydrogen-bond donors (Lipinski definition) is 1. The topological polar surface area (TPSA) is 21.3 Å². The molecule has 0 aliphatic rings. The summed E-state index contributed by atoms with van der Waals surface area (Å²) < 4.78 is 5.10. The fraction of sp³-hybridized carbons (Fsp3) is 0.400. The van der Waals surface area contributed by atoms with Crippen molar-refractivity contribution in [1.29, 1.82) is 0 Å². The fourth-order valence-corrected chi connectivity index (χ4v) is 1.15. The zero-order valence-corrected chi connectivity index (χ0v) is 7.85. The molecule has 0 saturated carbocycles. The van der Waals surface area contributed by atoms with Gasteiger partial charge < -0.3 is 10.1 Å². The number of hydrogen-bond acceptors (Lipinski definition) is 2. The number of rotatable bonds is 3. The summed E-state index contributed by atoms with van der Waals surface area (Å²) in [6.45, 7) is 5.11. The van der Waals surface area contributed by atoms with Gasteiger partial charge in [-0.25, -0.2) is 0 Å². The first kappa shape index (κ1) is 8.91. The third kappa shape index (κ3) is 1.91. The summed E-state index contributed by atoms with van der Waals surface area (Å²) in [5, 5.41) is 3.27. The van der Waals surface area contributed by atoms with E-state index in [1.165, 1.54) is 11.3 Å². The van der Waals surface area contributed by atoms with Crippen LogP contribution in [-0.2, 0) is 0 Å². The van der Waals surface area contributed by atoms with Gasteiger partial charge in [0.15, 0.2) is 0 Å². The Hall–Kier alpha value is -1.18. The summed E-state index contributed by atoms with van der Waals surface area (Å²) in [5.41, 5.74) is 2.40. The highest BCUT2D eigenvalue weighted by molar-refractivity contribution is 5.53. The maximum absolute atomic E-state index is 5.10. The fourth-order valence-electron chi connectivity index (χ4n) is 1.15. The highest BCUT2D eigenvalue weighted by Crippen LogP contribution is 2.20. The van der Waals surface area contributed by atoms with Crippen LogP contribution < -0.4 is 10.1 Å². The standard InChI is InChI=1S/C10H15NO/c1-4-11-10-6-5-9(12-3)7-8(10)2/h5-7,11H,4H2,1-3H3. The van der Waals surface area contributed by atoms with Crippen molar-refractivity contribution >= 4 is 5.69 Å². The Labute approximate surface area is 73.6 Å². The number of nitrogens with one attached hydrogen (secondary N) is 1. The first-order valence-corrected chi connectivity index (χ1v) is 4.16. The summed E-state index contributed by atoms with van der Waals surface area (Å²) in [7, 11) is 1.68. The third-order valence-corrected chi connectivity index (χ3v) is 1.80. The Morgan fingerprint density at radius 2 is 2.17 bits per heavy atom. The van der Waals surface area contributed by atoms with Crippen molar-refractivity contribution in [3.05, 3.63) is 23.8 Å². The summed E-state index contributed by atoms with van der Waals surface area (Å²) >= 11 is 0. The van der Waals surface area contributed by atoms with Crippen LogP contribution in [0.15, 0.2) is 18.2 Å². The highest BCUT2D eigenvalue weighted by atomic mass is 16.5. The van der Waals surface area contributed by atoms with Crippen molar-refractivity contribution in [3.8, 4) is 5.75 Å². The van der Waals surface area contributed by atoms with Crippen LogP contribution in [0.3, 0.4) is 0 Å². The van der Waals surface area contributed by atoms with Crippen molar-refractivity contribution in [2.24, 2.45) is 0 Å². The number of anilines is 1. The molecule has 1 aromatic carbocycles. The van der Waals surface area contributed by atoms with E-state index < -0.39 is 0 Å². The van der Waals surface area contributed by atoms with E-state index in [-0.39, 0.29) is 0 Å². The Bertz CT molecular complexity index is 258. The van der Waals surface area contributed by atoms with Crippen LogP contribution >= 0.6 is 0 Å². The van der Waals surface area contributed by atoms with E-state index in [1.54, 1.807) is 7.11 Å². The van der Waals surface area contributed by atoms with Gasteiger partial charge >= 0.3 is 0 Å². The molecule has 1 N–H and O–H groups in total. The van der Waals surface area contributed by atoms with Gasteiger partial charge in [0.05, 0.1) is 7.11 Å². The molecule has 0 aliphatic heterocycles. The molecule has 2 heteroatoms. The molecule has 0 aliphatic carbocycles. The van der Waals surface area contributed by atoms with Gasteiger partial charge in [0.25, 0.3) is 0 Å². The van der Waals surface area contributed by atoms with Gasteiger partial charge in [-0.2, -0.15) is 0 Å². The Morgan fingerprint density at radius 1 is 1.42 bits per heavy atom. The molecule has 0 amide bonds. The number of ether oxygens (including phenoxy) is 1. The molecule has 12 heavy (non-hydrogen) atoms. The van der Waals surface area contributed by atoms with E-state index in [4.69, 9.17) is 4.74 Å². The summed E-state index contributed by atoms with van der Waals surface area (Å²) in [6, 6.07) is 6.03. The van der Waals surface area contributed by atoms with Crippen molar-refractivity contribution in [2.45, 2.75) is 13.8 Å². The molecular formula is C10H15NO. The van der Waals surface area contributed by atoms with Crippen LogP contribution in [0.5, 0.6) is 5.75 Å². The lowest BCUT2D eigenvalue weighted by atomic mass is 10.2. The van der Waals surface area contributed by atoms with E-state index in [2.05, 4.69) is 19.2 Å². The first-order valence-electron chi connectivity index (χ1n) is 4.16. The average Bonchev–Trinajstić information content (AvgIpc) is 2.09. The SMILES string of the molecule is CCNc1ccc(OC)cc1C. The zero-order valence-electron chi connectivity index (χ0n) is 7.85. The van der Waals surface area contributed by atoms with Crippen LogP contribution in [0.1, 0.15) is 12.5 Å². The summed E-state index contributed by atoms with van der Waals surface area (Å²) in [5.74, 6) is 0.911. The lowest BCUT2D eigenvalue weighted by Crippen LogP contribution is -1.98. The normalized spacial score (nSPS) is 9.58. The van der Waals surface area contributed by atoms with Crippen molar-refractivity contribution in [3.63, 3.8) is 0 Å². The zero-order chi connectivity index (χ0) is 8.97. The van der Waals surface area contributed by atoms with Gasteiger partial charge in [-0.1, -0.05) is 0 Å². The van der Waals surface area contributed by atoms with E-state index in [1.807, 2.05) is 18.2 Å². The third-order valence-electron chi connectivity index (χ3n) is 1.80. The number of methoxy groups -OCH3 is 1. The predicted molar refractivity (Wildman–Crippen MR) is 51.9 cm³/mol. The lowest BCUT2D eigenvalue weighted by Gasteiger charge is -2.08. The smallest absolute Gasteiger partial charge is 0.119 e. The Kier molecular flexibility index (Phi) is 2.97. The van der Waals surface area contributed by atoms with Gasteiger partial charge in [0.1, 0.15) is 5.75 Å². The molecule has 1 aromatic rings. The molecule has 0 fully saturated rings. The van der Waals surface area contributed by atoms with Crippen molar-refractivity contribution in [2.75, 3.05) is 19.0 Å². The second-order valence-electron chi connectivity index (χ2n) is 2.71. The maximum Gasteiger partial charge on any atom is 0.119 e. The van der Waals surface area contributed by atoms with Crippen LogP contribution in [0.25, 0.3) is 0 Å². The van der Waals surface area contributed by atoms with Gasteiger partial charge in [-0.3, -0.25) is 0 Å². The molecule has 0 heterocycles. The number of aryl methyl sites for hydroxylation is 1. The molecule has 0 saturated heterocycles. The Morgan fingerprint density at radius 3 is 2.67 bits per heavy atom. The molecule has 66 valence electrons. The monoisotopic (exact) mass is 165 g/mol. The van der Waals surface area contributed by atoms with Crippen LogP contribution in [0, 0.1) is 6.92 Å². The minimum absolute atomic E-state index is 0.911. The minimum Gasteiger partial charge on any atom is -0.497 e. The molecule has 0 aromatic heterocycles. The Balaban J connectivity index is 2.87. The molecular weight excluding hydrogens is 150 g/mol. The van der Waals surface area contributed by atoms with E-state index in [0.717, 1.165) is 12.3 Å². The largest absolute Gasteiger partial charge is 0.497 e. The molecule has 0 radical (unpaired) electrons. The van der Waals surface area contributed by atoms with Crippen LogP contribution in [0.2, 0.25) is 0 Å². The average molecular weight is 165 g/mol. The van der Waals surface area contributed by atoms with Gasteiger partial charge in [-0.05, 0) is 37.6 Å². The van der Waals surface area contributed by atoms with E-state index in [0.29, 0.717) is 0 Å². The van der Waals surface area contributed by atoms with Gasteiger partial charge in [-0.15, -0.1) is 0 Å². The van der Waals surface area contributed by atoms with E-state index >= 15 is 0 Å². The van der Waals surface area contributed by atoms with Crippen molar-refractivity contribution < 1.29 is 4.74 Å². The second kappa shape index (κ2) is 4.00. The van der Waals surface area contributed by atoms with Crippen molar-refractivity contribution in [1.82, 2.24) is 0 Å². The minimum atomic E-state index is 0.911. The van der Waals surface area contributed by atoms with E-state index in [9.17, 15) is 0 Å². The molecule has 0 spiro atoms. The molecule has 1 rings (SSSR count). The molecule has 0 unspecified atom stereocenters. The van der Waals surface area contributed by atoms with Crippen LogP contribution in [0.4, 0.5) is 5.69 Å². The predicted octanol–water partition coefficient (Wildman–Crippen LogP) is 2.44.